The lowest BCUT2D eigenvalue weighted by atomic mass is 9.93. The highest BCUT2D eigenvalue weighted by Crippen LogP contribution is 2.37. The molecule has 0 amide bonds. The van der Waals surface area contributed by atoms with Crippen LogP contribution < -0.4 is 0 Å². The second-order valence-electron chi connectivity index (χ2n) is 4.27. The van der Waals surface area contributed by atoms with Gasteiger partial charge in [0, 0.05) is 10.5 Å². The number of benzene rings is 1. The van der Waals surface area contributed by atoms with E-state index >= 15 is 0 Å². The SMILES string of the molecule is CCSc1ccc([C]=O)c(C2CCCC2)c1. The van der Waals surface area contributed by atoms with E-state index in [0.29, 0.717) is 5.92 Å². The molecule has 0 saturated heterocycles. The Bertz CT molecular complexity index is 367. The van der Waals surface area contributed by atoms with Gasteiger partial charge in [-0.05, 0) is 48.3 Å². The van der Waals surface area contributed by atoms with Crippen LogP contribution in [0.4, 0.5) is 0 Å². The first-order valence-electron chi connectivity index (χ1n) is 6.00. The molecule has 1 aliphatic carbocycles. The summed E-state index contributed by atoms with van der Waals surface area (Å²) in [6, 6.07) is 6.16. The first-order valence-corrected chi connectivity index (χ1v) is 6.98. The Kier molecular flexibility index (Phi) is 4.05. The summed E-state index contributed by atoms with van der Waals surface area (Å²) in [5.41, 5.74) is 2.00. The van der Waals surface area contributed by atoms with Gasteiger partial charge < -0.3 is 0 Å². The molecule has 16 heavy (non-hydrogen) atoms. The molecule has 1 aromatic carbocycles. The maximum Gasteiger partial charge on any atom is 0.233 e. The molecule has 1 aromatic rings. The Morgan fingerprint density at radius 3 is 2.75 bits per heavy atom. The van der Waals surface area contributed by atoms with Crippen LogP contribution in [0.2, 0.25) is 0 Å². The Hall–Kier alpha value is -0.760. The van der Waals surface area contributed by atoms with Crippen molar-refractivity contribution in [3.63, 3.8) is 0 Å². The summed E-state index contributed by atoms with van der Waals surface area (Å²) in [6.45, 7) is 2.15. The molecule has 1 fully saturated rings. The van der Waals surface area contributed by atoms with E-state index in [0.717, 1.165) is 11.3 Å². The Morgan fingerprint density at radius 2 is 2.12 bits per heavy atom. The average molecular weight is 233 g/mol. The second kappa shape index (κ2) is 5.53. The first-order chi connectivity index (χ1) is 7.85. The van der Waals surface area contributed by atoms with Crippen LogP contribution in [-0.2, 0) is 4.79 Å². The smallest absolute Gasteiger partial charge is 0.233 e. The Morgan fingerprint density at radius 1 is 1.38 bits per heavy atom. The topological polar surface area (TPSA) is 17.1 Å². The predicted octanol–water partition coefficient (Wildman–Crippen LogP) is 3.91. The van der Waals surface area contributed by atoms with Crippen LogP contribution in [0.15, 0.2) is 23.1 Å². The molecule has 2 rings (SSSR count). The van der Waals surface area contributed by atoms with Crippen LogP contribution in [0.25, 0.3) is 0 Å². The summed E-state index contributed by atoms with van der Waals surface area (Å²) in [4.78, 5) is 12.2. The van der Waals surface area contributed by atoms with Gasteiger partial charge in [-0.1, -0.05) is 19.8 Å². The standard InChI is InChI=1S/C14H17OS/c1-2-16-13-8-7-12(10-15)14(9-13)11-5-3-4-6-11/h7-9,11H,2-6H2,1H3. The molecule has 0 unspecified atom stereocenters. The predicted molar refractivity (Wildman–Crippen MR) is 68.8 cm³/mol. The van der Waals surface area contributed by atoms with Crippen molar-refractivity contribution in [1.29, 1.82) is 0 Å². The van der Waals surface area contributed by atoms with Crippen LogP contribution in [-0.4, -0.2) is 12.0 Å². The summed E-state index contributed by atoms with van der Waals surface area (Å²) < 4.78 is 0. The number of thioether (sulfide) groups is 1. The fourth-order valence-electron chi connectivity index (χ4n) is 2.46. The van der Waals surface area contributed by atoms with E-state index in [4.69, 9.17) is 0 Å². The minimum atomic E-state index is 0.592. The van der Waals surface area contributed by atoms with Gasteiger partial charge in [0.25, 0.3) is 0 Å². The molecule has 1 aliphatic rings. The molecule has 0 bridgehead atoms. The summed E-state index contributed by atoms with van der Waals surface area (Å²) >= 11 is 1.84. The molecule has 1 nitrogen and oxygen atoms in total. The highest BCUT2D eigenvalue weighted by molar-refractivity contribution is 7.99. The highest BCUT2D eigenvalue weighted by atomic mass is 32.2. The van der Waals surface area contributed by atoms with E-state index in [-0.39, 0.29) is 0 Å². The first kappa shape index (κ1) is 11.7. The van der Waals surface area contributed by atoms with E-state index < -0.39 is 0 Å². The number of rotatable bonds is 4. The fourth-order valence-corrected chi connectivity index (χ4v) is 3.17. The molecule has 1 saturated carbocycles. The molecule has 1 radical (unpaired) electrons. The third-order valence-corrected chi connectivity index (χ3v) is 4.11. The number of hydrogen-bond acceptors (Lipinski definition) is 2. The Labute approximate surface area is 102 Å². The Balaban J connectivity index is 2.30. The molecular weight excluding hydrogens is 216 g/mol. The van der Waals surface area contributed by atoms with E-state index in [1.807, 2.05) is 23.9 Å². The summed E-state index contributed by atoms with van der Waals surface area (Å²) in [5.74, 6) is 1.67. The minimum Gasteiger partial charge on any atom is -0.285 e. The van der Waals surface area contributed by atoms with E-state index in [1.54, 1.807) is 0 Å². The van der Waals surface area contributed by atoms with Gasteiger partial charge in [-0.3, -0.25) is 4.79 Å². The fraction of sp³-hybridized carbons (Fsp3) is 0.500. The van der Waals surface area contributed by atoms with Crippen LogP contribution in [0.3, 0.4) is 0 Å². The number of hydrogen-bond donors (Lipinski definition) is 0. The van der Waals surface area contributed by atoms with Crippen LogP contribution in [0.5, 0.6) is 0 Å². The minimum absolute atomic E-state index is 0.592. The van der Waals surface area contributed by atoms with Gasteiger partial charge >= 0.3 is 0 Å². The second-order valence-corrected chi connectivity index (χ2v) is 5.60. The van der Waals surface area contributed by atoms with Crippen molar-refractivity contribution in [1.82, 2.24) is 0 Å². The van der Waals surface area contributed by atoms with Crippen LogP contribution in [0, 0.1) is 0 Å². The molecule has 0 N–H and O–H groups in total. The molecule has 0 aliphatic heterocycles. The van der Waals surface area contributed by atoms with Gasteiger partial charge in [-0.2, -0.15) is 0 Å². The third kappa shape index (κ3) is 2.49. The zero-order chi connectivity index (χ0) is 11.4. The van der Waals surface area contributed by atoms with E-state index in [9.17, 15) is 4.79 Å². The van der Waals surface area contributed by atoms with E-state index in [2.05, 4.69) is 19.3 Å². The lowest BCUT2D eigenvalue weighted by molar-refractivity contribution is 0.561. The maximum atomic E-state index is 10.9. The molecular formula is C14H17OS. The van der Waals surface area contributed by atoms with Crippen molar-refractivity contribution in [3.8, 4) is 0 Å². The lowest BCUT2D eigenvalue weighted by Gasteiger charge is -2.13. The van der Waals surface area contributed by atoms with Gasteiger partial charge in [0.05, 0.1) is 0 Å². The van der Waals surface area contributed by atoms with Crippen molar-refractivity contribution in [2.75, 3.05) is 5.75 Å². The average Bonchev–Trinajstić information content (AvgIpc) is 2.83. The van der Waals surface area contributed by atoms with Crippen molar-refractivity contribution >= 4 is 18.0 Å². The molecule has 0 spiro atoms. The maximum absolute atomic E-state index is 10.9. The van der Waals surface area contributed by atoms with Crippen LogP contribution >= 0.6 is 11.8 Å². The zero-order valence-electron chi connectivity index (χ0n) is 9.66. The quantitative estimate of drug-likeness (QED) is 0.733. The summed E-state index contributed by atoms with van der Waals surface area (Å²) in [6.07, 6.45) is 7.14. The van der Waals surface area contributed by atoms with Crippen molar-refractivity contribution in [2.45, 2.75) is 43.4 Å². The van der Waals surface area contributed by atoms with Crippen molar-refractivity contribution < 1.29 is 4.79 Å². The van der Waals surface area contributed by atoms with Crippen molar-refractivity contribution in [3.05, 3.63) is 29.3 Å². The number of carbonyl (C=O) groups excluding carboxylic acids is 1. The molecule has 0 atom stereocenters. The largest absolute Gasteiger partial charge is 0.285 e. The molecule has 85 valence electrons. The van der Waals surface area contributed by atoms with Crippen LogP contribution in [0.1, 0.15) is 49.7 Å². The van der Waals surface area contributed by atoms with Gasteiger partial charge in [0.2, 0.25) is 6.29 Å². The van der Waals surface area contributed by atoms with Crippen molar-refractivity contribution in [2.24, 2.45) is 0 Å². The van der Waals surface area contributed by atoms with E-state index in [1.165, 1.54) is 36.1 Å². The molecule has 0 aromatic heterocycles. The third-order valence-electron chi connectivity index (χ3n) is 3.24. The van der Waals surface area contributed by atoms with Gasteiger partial charge in [-0.25, -0.2) is 0 Å². The van der Waals surface area contributed by atoms with Gasteiger partial charge in [0.15, 0.2) is 0 Å². The molecule has 0 heterocycles. The van der Waals surface area contributed by atoms with Gasteiger partial charge in [-0.15, -0.1) is 11.8 Å². The summed E-state index contributed by atoms with van der Waals surface area (Å²) in [5, 5.41) is 0. The molecule has 2 heteroatoms. The summed E-state index contributed by atoms with van der Waals surface area (Å²) in [7, 11) is 0. The lowest BCUT2D eigenvalue weighted by Crippen LogP contribution is -1.98. The monoisotopic (exact) mass is 233 g/mol. The zero-order valence-corrected chi connectivity index (χ0v) is 10.5. The normalized spacial score (nSPS) is 16.6. The van der Waals surface area contributed by atoms with Gasteiger partial charge in [0.1, 0.15) is 0 Å². The highest BCUT2D eigenvalue weighted by Gasteiger charge is 2.20.